The summed E-state index contributed by atoms with van der Waals surface area (Å²) in [6.07, 6.45) is 0. The van der Waals surface area contributed by atoms with Gasteiger partial charge in [-0.15, -0.1) is 0 Å². The fourth-order valence-corrected chi connectivity index (χ4v) is 1.93. The van der Waals surface area contributed by atoms with Crippen molar-refractivity contribution in [1.82, 2.24) is 0 Å². The Morgan fingerprint density at radius 1 is 1.06 bits per heavy atom. The van der Waals surface area contributed by atoms with Crippen LogP contribution in [-0.4, -0.2) is 14.2 Å². The van der Waals surface area contributed by atoms with E-state index in [1.807, 2.05) is 49.5 Å². The van der Waals surface area contributed by atoms with Gasteiger partial charge in [-0.25, -0.2) is 0 Å². The van der Waals surface area contributed by atoms with E-state index in [2.05, 4.69) is 11.8 Å². The summed E-state index contributed by atoms with van der Waals surface area (Å²) in [7, 11) is 3.70. The summed E-state index contributed by atoms with van der Waals surface area (Å²) in [5.74, 6) is 0.858. The van der Waals surface area contributed by atoms with Crippen molar-refractivity contribution in [2.45, 2.75) is 6.92 Å². The molecule has 18 heavy (non-hydrogen) atoms. The molecule has 0 heterocycles. The Balaban J connectivity index is 2.34. The lowest BCUT2D eigenvalue weighted by Crippen LogP contribution is -2.11. The standard InChI is InChI=1S/C15H18N2O/c1-11-4-5-12(16)10-15(11)17(2)13-6-8-14(18-3)9-7-13/h4-10H,16H2,1-3H3. The number of nitrogens with zero attached hydrogens (tertiary/aromatic N) is 1. The number of ether oxygens (including phenoxy) is 1. The van der Waals surface area contributed by atoms with E-state index in [1.54, 1.807) is 7.11 Å². The number of nitrogens with two attached hydrogens (primary N) is 1. The molecular weight excluding hydrogens is 224 g/mol. The Labute approximate surface area is 108 Å². The van der Waals surface area contributed by atoms with E-state index in [-0.39, 0.29) is 0 Å². The monoisotopic (exact) mass is 242 g/mol. The number of methoxy groups -OCH3 is 1. The summed E-state index contributed by atoms with van der Waals surface area (Å²) < 4.78 is 5.16. The van der Waals surface area contributed by atoms with Crippen LogP contribution in [0, 0.1) is 6.92 Å². The largest absolute Gasteiger partial charge is 0.497 e. The number of aryl methyl sites for hydroxylation is 1. The van der Waals surface area contributed by atoms with Crippen LogP contribution in [0.1, 0.15) is 5.56 Å². The summed E-state index contributed by atoms with van der Waals surface area (Å²) in [6, 6.07) is 13.9. The third-order valence-electron chi connectivity index (χ3n) is 3.05. The molecule has 0 spiro atoms. The smallest absolute Gasteiger partial charge is 0.119 e. The zero-order valence-electron chi connectivity index (χ0n) is 11.0. The van der Waals surface area contributed by atoms with Crippen LogP contribution >= 0.6 is 0 Å². The maximum atomic E-state index is 5.84. The molecule has 0 saturated heterocycles. The van der Waals surface area contributed by atoms with Gasteiger partial charge in [0.1, 0.15) is 5.75 Å². The highest BCUT2D eigenvalue weighted by Crippen LogP contribution is 2.29. The minimum absolute atomic E-state index is 0.774. The van der Waals surface area contributed by atoms with Gasteiger partial charge in [-0.3, -0.25) is 0 Å². The molecule has 2 aromatic rings. The van der Waals surface area contributed by atoms with Crippen LogP contribution in [0.5, 0.6) is 5.75 Å². The molecule has 0 aliphatic rings. The molecule has 2 N–H and O–H groups in total. The van der Waals surface area contributed by atoms with Crippen molar-refractivity contribution in [3.05, 3.63) is 48.0 Å². The summed E-state index contributed by atoms with van der Waals surface area (Å²) in [5, 5.41) is 0. The van der Waals surface area contributed by atoms with Gasteiger partial charge in [0.25, 0.3) is 0 Å². The first kappa shape index (κ1) is 12.3. The summed E-state index contributed by atoms with van der Waals surface area (Å²) >= 11 is 0. The van der Waals surface area contributed by atoms with Gasteiger partial charge in [-0.05, 0) is 48.9 Å². The van der Waals surface area contributed by atoms with Crippen molar-refractivity contribution >= 4 is 17.1 Å². The van der Waals surface area contributed by atoms with Crippen molar-refractivity contribution in [3.63, 3.8) is 0 Å². The van der Waals surface area contributed by atoms with Crippen molar-refractivity contribution in [1.29, 1.82) is 0 Å². The van der Waals surface area contributed by atoms with Gasteiger partial charge in [0.05, 0.1) is 7.11 Å². The lowest BCUT2D eigenvalue weighted by Gasteiger charge is -2.22. The number of rotatable bonds is 3. The van der Waals surface area contributed by atoms with Crippen LogP contribution in [0.2, 0.25) is 0 Å². The fraction of sp³-hybridized carbons (Fsp3) is 0.200. The molecule has 2 rings (SSSR count). The first-order valence-corrected chi connectivity index (χ1v) is 5.85. The topological polar surface area (TPSA) is 38.5 Å². The average molecular weight is 242 g/mol. The summed E-state index contributed by atoms with van der Waals surface area (Å²) in [5.41, 5.74) is 10.0. The molecule has 2 aromatic carbocycles. The predicted octanol–water partition coefficient (Wildman–Crippen LogP) is 3.35. The molecule has 0 aliphatic carbocycles. The van der Waals surface area contributed by atoms with E-state index in [0.29, 0.717) is 0 Å². The Hall–Kier alpha value is -2.16. The lowest BCUT2D eigenvalue weighted by molar-refractivity contribution is 0.415. The molecule has 3 nitrogen and oxygen atoms in total. The second kappa shape index (κ2) is 5.00. The van der Waals surface area contributed by atoms with Crippen LogP contribution in [0.15, 0.2) is 42.5 Å². The molecule has 94 valence electrons. The van der Waals surface area contributed by atoms with Crippen LogP contribution in [0.3, 0.4) is 0 Å². The molecule has 0 fully saturated rings. The second-order valence-electron chi connectivity index (χ2n) is 4.30. The highest BCUT2D eigenvalue weighted by atomic mass is 16.5. The molecule has 0 saturated carbocycles. The molecule has 0 radical (unpaired) electrons. The van der Waals surface area contributed by atoms with Gasteiger partial charge < -0.3 is 15.4 Å². The van der Waals surface area contributed by atoms with Crippen LogP contribution < -0.4 is 15.4 Å². The number of anilines is 3. The zero-order chi connectivity index (χ0) is 13.1. The van der Waals surface area contributed by atoms with E-state index in [4.69, 9.17) is 10.5 Å². The van der Waals surface area contributed by atoms with Gasteiger partial charge in [0.2, 0.25) is 0 Å². The summed E-state index contributed by atoms with van der Waals surface area (Å²) in [6.45, 7) is 2.08. The van der Waals surface area contributed by atoms with Crippen LogP contribution in [0.25, 0.3) is 0 Å². The van der Waals surface area contributed by atoms with Crippen molar-refractivity contribution in [3.8, 4) is 5.75 Å². The van der Waals surface area contributed by atoms with Gasteiger partial charge in [-0.1, -0.05) is 6.07 Å². The van der Waals surface area contributed by atoms with E-state index in [0.717, 1.165) is 22.8 Å². The zero-order valence-corrected chi connectivity index (χ0v) is 11.0. The first-order chi connectivity index (χ1) is 8.61. The number of hydrogen-bond acceptors (Lipinski definition) is 3. The van der Waals surface area contributed by atoms with Crippen molar-refractivity contribution in [2.75, 3.05) is 24.8 Å². The Kier molecular flexibility index (Phi) is 3.42. The first-order valence-electron chi connectivity index (χ1n) is 5.85. The van der Waals surface area contributed by atoms with Gasteiger partial charge in [-0.2, -0.15) is 0 Å². The van der Waals surface area contributed by atoms with Gasteiger partial charge in [0, 0.05) is 24.1 Å². The molecule has 0 atom stereocenters. The molecule has 0 bridgehead atoms. The Morgan fingerprint density at radius 3 is 2.33 bits per heavy atom. The van der Waals surface area contributed by atoms with Crippen molar-refractivity contribution < 1.29 is 4.74 Å². The maximum Gasteiger partial charge on any atom is 0.119 e. The van der Waals surface area contributed by atoms with E-state index in [1.165, 1.54) is 5.56 Å². The minimum Gasteiger partial charge on any atom is -0.497 e. The molecule has 0 aromatic heterocycles. The number of nitrogen functional groups attached to an aromatic ring is 1. The Morgan fingerprint density at radius 2 is 1.72 bits per heavy atom. The molecule has 3 heteroatoms. The summed E-state index contributed by atoms with van der Waals surface area (Å²) in [4.78, 5) is 2.12. The number of hydrogen-bond donors (Lipinski definition) is 1. The van der Waals surface area contributed by atoms with Gasteiger partial charge in [0.15, 0.2) is 0 Å². The Bertz CT molecular complexity index is 535. The lowest BCUT2D eigenvalue weighted by atomic mass is 10.1. The van der Waals surface area contributed by atoms with Crippen LogP contribution in [0.4, 0.5) is 17.1 Å². The molecule has 0 amide bonds. The second-order valence-corrected chi connectivity index (χ2v) is 4.30. The SMILES string of the molecule is COc1ccc(N(C)c2cc(N)ccc2C)cc1. The van der Waals surface area contributed by atoms with E-state index in [9.17, 15) is 0 Å². The molecular formula is C15H18N2O. The molecule has 0 aliphatic heterocycles. The highest BCUT2D eigenvalue weighted by molar-refractivity contribution is 5.69. The third kappa shape index (κ3) is 2.40. The minimum atomic E-state index is 0.774. The number of benzene rings is 2. The van der Waals surface area contributed by atoms with E-state index < -0.39 is 0 Å². The third-order valence-corrected chi connectivity index (χ3v) is 3.05. The maximum absolute atomic E-state index is 5.84. The van der Waals surface area contributed by atoms with Crippen LogP contribution in [-0.2, 0) is 0 Å². The van der Waals surface area contributed by atoms with Crippen molar-refractivity contribution in [2.24, 2.45) is 0 Å². The van der Waals surface area contributed by atoms with Gasteiger partial charge >= 0.3 is 0 Å². The average Bonchev–Trinajstić information content (AvgIpc) is 2.41. The highest BCUT2D eigenvalue weighted by Gasteiger charge is 2.07. The predicted molar refractivity (Wildman–Crippen MR) is 76.6 cm³/mol. The fourth-order valence-electron chi connectivity index (χ4n) is 1.93. The van der Waals surface area contributed by atoms with E-state index >= 15 is 0 Å². The normalized spacial score (nSPS) is 10.2. The molecule has 0 unspecified atom stereocenters. The quantitative estimate of drug-likeness (QED) is 0.839.